The molecule has 21 heavy (non-hydrogen) atoms. The van der Waals surface area contributed by atoms with Gasteiger partial charge in [-0.05, 0) is 24.3 Å². The summed E-state index contributed by atoms with van der Waals surface area (Å²) in [5.74, 6) is 1.33. The van der Waals surface area contributed by atoms with Gasteiger partial charge in [0.1, 0.15) is 17.7 Å². The molecule has 0 spiro atoms. The summed E-state index contributed by atoms with van der Waals surface area (Å²) in [6.45, 7) is 1.86. The molecule has 1 N–H and O–H groups in total. The van der Waals surface area contributed by atoms with Crippen LogP contribution in [0.5, 0.6) is 0 Å². The number of carbonyl (C=O) groups excluding carboxylic acids is 1. The summed E-state index contributed by atoms with van der Waals surface area (Å²) >= 11 is 0. The number of morpholine rings is 1. The van der Waals surface area contributed by atoms with Crippen LogP contribution in [0.2, 0.25) is 0 Å². The Morgan fingerprint density at radius 2 is 2.33 bits per heavy atom. The number of nitrogens with zero attached hydrogens (tertiary/aromatic N) is 2. The van der Waals surface area contributed by atoms with E-state index in [0.717, 1.165) is 5.76 Å². The summed E-state index contributed by atoms with van der Waals surface area (Å²) in [6.07, 6.45) is 3.18. The first kappa shape index (κ1) is 13.6. The summed E-state index contributed by atoms with van der Waals surface area (Å²) in [4.78, 5) is 18.4. The molecule has 2 aromatic heterocycles. The lowest BCUT2D eigenvalue weighted by Crippen LogP contribution is -2.40. The van der Waals surface area contributed by atoms with E-state index in [0.29, 0.717) is 31.1 Å². The molecule has 6 heteroatoms. The van der Waals surface area contributed by atoms with Crippen molar-refractivity contribution in [2.45, 2.75) is 6.10 Å². The Morgan fingerprint density at radius 1 is 1.43 bits per heavy atom. The van der Waals surface area contributed by atoms with Gasteiger partial charge in [-0.2, -0.15) is 0 Å². The number of ether oxygens (including phenoxy) is 1. The summed E-state index contributed by atoms with van der Waals surface area (Å²) in [5, 5.41) is 2.64. The number of nitrogens with one attached hydrogen (secondary N) is 1. The highest BCUT2D eigenvalue weighted by atomic mass is 16.5. The van der Waals surface area contributed by atoms with Crippen molar-refractivity contribution in [3.8, 4) is 0 Å². The van der Waals surface area contributed by atoms with Gasteiger partial charge < -0.3 is 19.4 Å². The fourth-order valence-electron chi connectivity index (χ4n) is 2.45. The molecule has 1 aliphatic rings. The Bertz CT molecular complexity index is 612. The minimum atomic E-state index is -0.145. The van der Waals surface area contributed by atoms with Crippen LogP contribution in [0.1, 0.15) is 22.2 Å². The normalized spacial score (nSPS) is 18.5. The Labute approximate surface area is 122 Å². The van der Waals surface area contributed by atoms with Crippen LogP contribution in [0.15, 0.2) is 41.1 Å². The predicted octanol–water partition coefficient (Wildman–Crippen LogP) is 1.61. The Hall–Kier alpha value is -2.34. The molecule has 0 bridgehead atoms. The highest BCUT2D eigenvalue weighted by molar-refractivity contribution is 5.98. The highest BCUT2D eigenvalue weighted by Gasteiger charge is 2.27. The molecule has 1 atom stereocenters. The van der Waals surface area contributed by atoms with Gasteiger partial charge in [0.05, 0.1) is 25.0 Å². The van der Waals surface area contributed by atoms with Crippen LogP contribution in [0.3, 0.4) is 0 Å². The summed E-state index contributed by atoms with van der Waals surface area (Å²) < 4.78 is 11.1. The standard InChI is InChI=1S/C15H17N3O3/c1-16-15(19)11-4-2-6-17-14(11)18-7-9-21-13(10-18)12-5-3-8-20-12/h2-6,8,13H,7,9-10H2,1H3,(H,16,19). The van der Waals surface area contributed by atoms with Gasteiger partial charge in [0.25, 0.3) is 5.91 Å². The van der Waals surface area contributed by atoms with E-state index in [4.69, 9.17) is 9.15 Å². The zero-order valence-electron chi connectivity index (χ0n) is 11.8. The van der Waals surface area contributed by atoms with E-state index in [1.165, 1.54) is 0 Å². The molecule has 2 aromatic rings. The molecule has 1 fully saturated rings. The maximum atomic E-state index is 12.0. The van der Waals surface area contributed by atoms with Crippen LogP contribution in [0.4, 0.5) is 5.82 Å². The van der Waals surface area contributed by atoms with E-state index < -0.39 is 0 Å². The number of hydrogen-bond acceptors (Lipinski definition) is 5. The van der Waals surface area contributed by atoms with Gasteiger partial charge in [0.2, 0.25) is 0 Å². The molecule has 0 radical (unpaired) electrons. The zero-order chi connectivity index (χ0) is 14.7. The predicted molar refractivity (Wildman–Crippen MR) is 77.2 cm³/mol. The monoisotopic (exact) mass is 287 g/mol. The van der Waals surface area contributed by atoms with Gasteiger partial charge in [-0.15, -0.1) is 0 Å². The van der Waals surface area contributed by atoms with Crippen molar-refractivity contribution < 1.29 is 13.9 Å². The van der Waals surface area contributed by atoms with E-state index in [9.17, 15) is 4.79 Å². The maximum Gasteiger partial charge on any atom is 0.254 e. The Morgan fingerprint density at radius 3 is 3.10 bits per heavy atom. The van der Waals surface area contributed by atoms with E-state index in [1.807, 2.05) is 12.1 Å². The fourth-order valence-corrected chi connectivity index (χ4v) is 2.45. The summed E-state index contributed by atoms with van der Waals surface area (Å²) in [6, 6.07) is 7.28. The van der Waals surface area contributed by atoms with Crippen molar-refractivity contribution in [2.75, 3.05) is 31.6 Å². The molecule has 3 heterocycles. The minimum absolute atomic E-state index is 0.140. The van der Waals surface area contributed by atoms with Crippen molar-refractivity contribution in [3.63, 3.8) is 0 Å². The first-order valence-corrected chi connectivity index (χ1v) is 6.86. The number of furan rings is 1. The van der Waals surface area contributed by atoms with E-state index >= 15 is 0 Å². The molecule has 1 saturated heterocycles. The highest BCUT2D eigenvalue weighted by Crippen LogP contribution is 2.27. The van der Waals surface area contributed by atoms with Crippen molar-refractivity contribution in [2.24, 2.45) is 0 Å². The van der Waals surface area contributed by atoms with Crippen LogP contribution in [0, 0.1) is 0 Å². The SMILES string of the molecule is CNC(=O)c1cccnc1N1CCOC(c2ccco2)C1. The maximum absolute atomic E-state index is 12.0. The molecule has 0 aromatic carbocycles. The van der Waals surface area contributed by atoms with Crippen molar-refractivity contribution in [1.82, 2.24) is 10.3 Å². The second kappa shape index (κ2) is 5.97. The smallest absolute Gasteiger partial charge is 0.254 e. The van der Waals surface area contributed by atoms with Gasteiger partial charge in [-0.25, -0.2) is 4.98 Å². The number of anilines is 1. The number of hydrogen-bond donors (Lipinski definition) is 1. The number of aromatic nitrogens is 1. The molecule has 6 nitrogen and oxygen atoms in total. The number of rotatable bonds is 3. The van der Waals surface area contributed by atoms with Crippen LogP contribution >= 0.6 is 0 Å². The molecule has 1 aliphatic heterocycles. The molecule has 0 aliphatic carbocycles. The third-order valence-electron chi connectivity index (χ3n) is 3.48. The lowest BCUT2D eigenvalue weighted by molar-refractivity contribution is 0.0254. The van der Waals surface area contributed by atoms with Crippen molar-refractivity contribution >= 4 is 11.7 Å². The summed E-state index contributed by atoms with van der Waals surface area (Å²) in [5.41, 5.74) is 0.570. The van der Waals surface area contributed by atoms with Gasteiger partial charge in [-0.1, -0.05) is 0 Å². The molecule has 110 valence electrons. The lowest BCUT2D eigenvalue weighted by atomic mass is 10.1. The van der Waals surface area contributed by atoms with E-state index in [2.05, 4.69) is 15.2 Å². The molecule has 1 amide bonds. The first-order valence-electron chi connectivity index (χ1n) is 6.86. The molecule has 1 unspecified atom stereocenters. The zero-order valence-corrected chi connectivity index (χ0v) is 11.8. The third-order valence-corrected chi connectivity index (χ3v) is 3.48. The first-order chi connectivity index (χ1) is 10.3. The van der Waals surface area contributed by atoms with E-state index in [-0.39, 0.29) is 12.0 Å². The fraction of sp³-hybridized carbons (Fsp3) is 0.333. The lowest BCUT2D eigenvalue weighted by Gasteiger charge is -2.33. The number of pyridine rings is 1. The quantitative estimate of drug-likeness (QED) is 0.929. The van der Waals surface area contributed by atoms with Crippen LogP contribution in [-0.4, -0.2) is 37.6 Å². The van der Waals surface area contributed by atoms with Gasteiger partial charge in [0, 0.05) is 19.8 Å². The second-order valence-electron chi connectivity index (χ2n) is 4.77. The molecule has 3 rings (SSSR count). The summed E-state index contributed by atoms with van der Waals surface area (Å²) in [7, 11) is 1.62. The minimum Gasteiger partial charge on any atom is -0.467 e. The second-order valence-corrected chi connectivity index (χ2v) is 4.77. The van der Waals surface area contributed by atoms with Gasteiger partial charge in [-0.3, -0.25) is 4.79 Å². The molecule has 0 saturated carbocycles. The Kier molecular flexibility index (Phi) is 3.87. The van der Waals surface area contributed by atoms with Gasteiger partial charge in [0.15, 0.2) is 0 Å². The van der Waals surface area contributed by atoms with Crippen LogP contribution in [-0.2, 0) is 4.74 Å². The van der Waals surface area contributed by atoms with Crippen molar-refractivity contribution in [1.29, 1.82) is 0 Å². The topological polar surface area (TPSA) is 67.6 Å². The van der Waals surface area contributed by atoms with Crippen LogP contribution in [0.25, 0.3) is 0 Å². The number of amides is 1. The average Bonchev–Trinajstić information content (AvgIpc) is 3.09. The van der Waals surface area contributed by atoms with Crippen molar-refractivity contribution in [3.05, 3.63) is 48.0 Å². The average molecular weight is 287 g/mol. The molecular weight excluding hydrogens is 270 g/mol. The Balaban J connectivity index is 1.85. The van der Waals surface area contributed by atoms with Gasteiger partial charge >= 0.3 is 0 Å². The molecular formula is C15H17N3O3. The largest absolute Gasteiger partial charge is 0.467 e. The van der Waals surface area contributed by atoms with E-state index in [1.54, 1.807) is 31.6 Å². The van der Waals surface area contributed by atoms with Crippen LogP contribution < -0.4 is 10.2 Å². The number of carbonyl (C=O) groups is 1. The third kappa shape index (κ3) is 2.75.